The Balaban J connectivity index is 2.44. The molecule has 4 heteroatoms. The monoisotopic (exact) mass is 244 g/mol. The van der Waals surface area contributed by atoms with Gasteiger partial charge in [-0.15, -0.1) is 0 Å². The molecule has 0 unspecified atom stereocenters. The van der Waals surface area contributed by atoms with E-state index in [9.17, 15) is 5.11 Å². The van der Waals surface area contributed by atoms with Gasteiger partial charge in [-0.05, 0) is 18.2 Å². The average molecular weight is 244 g/mol. The quantitative estimate of drug-likeness (QED) is 0.896. The van der Waals surface area contributed by atoms with Crippen LogP contribution in [-0.4, -0.2) is 24.2 Å². The summed E-state index contributed by atoms with van der Waals surface area (Å²) in [5.74, 6) is 0.785. The predicted octanol–water partition coefficient (Wildman–Crippen LogP) is 2.35. The van der Waals surface area contributed by atoms with Crippen LogP contribution >= 0.6 is 0 Å². The van der Waals surface area contributed by atoms with Crippen LogP contribution in [0.5, 0.6) is 5.75 Å². The maximum atomic E-state index is 9.36. The molecule has 0 spiro atoms. The number of rotatable bonds is 4. The van der Waals surface area contributed by atoms with Gasteiger partial charge in [-0.25, -0.2) is 0 Å². The number of para-hydroxylation sites is 2. The van der Waals surface area contributed by atoms with E-state index in [0.29, 0.717) is 0 Å². The van der Waals surface area contributed by atoms with Gasteiger partial charge in [0.25, 0.3) is 0 Å². The van der Waals surface area contributed by atoms with Gasteiger partial charge in [0.15, 0.2) is 0 Å². The van der Waals surface area contributed by atoms with Gasteiger partial charge in [0, 0.05) is 18.8 Å². The van der Waals surface area contributed by atoms with Crippen LogP contribution in [0.3, 0.4) is 0 Å². The molecule has 0 radical (unpaired) electrons. The van der Waals surface area contributed by atoms with Crippen molar-refractivity contribution in [3.63, 3.8) is 0 Å². The molecule has 0 saturated heterocycles. The Morgan fingerprint density at radius 1 is 1.22 bits per heavy atom. The summed E-state index contributed by atoms with van der Waals surface area (Å²) in [6.07, 6.45) is 3.41. The van der Waals surface area contributed by atoms with Gasteiger partial charge in [0.1, 0.15) is 5.75 Å². The lowest BCUT2D eigenvalue weighted by atomic mass is 10.2. The van der Waals surface area contributed by atoms with E-state index < -0.39 is 0 Å². The normalized spacial score (nSPS) is 10.2. The van der Waals surface area contributed by atoms with Crippen molar-refractivity contribution in [2.45, 2.75) is 6.61 Å². The molecule has 1 aromatic heterocycles. The Bertz CT molecular complexity index is 481. The lowest BCUT2D eigenvalue weighted by Gasteiger charge is -2.23. The van der Waals surface area contributed by atoms with E-state index in [1.54, 1.807) is 25.6 Å². The molecule has 0 amide bonds. The summed E-state index contributed by atoms with van der Waals surface area (Å²) in [6, 6.07) is 9.55. The van der Waals surface area contributed by atoms with Crippen LogP contribution < -0.4 is 9.64 Å². The van der Waals surface area contributed by atoms with Crippen LogP contribution in [0.15, 0.2) is 42.7 Å². The summed E-state index contributed by atoms with van der Waals surface area (Å²) < 4.78 is 5.34. The van der Waals surface area contributed by atoms with Crippen molar-refractivity contribution in [3.8, 4) is 5.75 Å². The summed E-state index contributed by atoms with van der Waals surface area (Å²) in [5, 5.41) is 9.36. The Hall–Kier alpha value is -2.07. The number of aliphatic hydroxyl groups is 1. The third kappa shape index (κ3) is 2.28. The van der Waals surface area contributed by atoms with Gasteiger partial charge in [-0.3, -0.25) is 4.98 Å². The summed E-state index contributed by atoms with van der Waals surface area (Å²) >= 11 is 0. The zero-order valence-electron chi connectivity index (χ0n) is 10.5. The number of aliphatic hydroxyl groups excluding tert-OH is 1. The summed E-state index contributed by atoms with van der Waals surface area (Å²) in [7, 11) is 3.57. The van der Waals surface area contributed by atoms with E-state index in [1.165, 1.54) is 0 Å². The van der Waals surface area contributed by atoms with Crippen molar-refractivity contribution in [1.82, 2.24) is 4.98 Å². The van der Waals surface area contributed by atoms with E-state index in [2.05, 4.69) is 4.98 Å². The molecule has 94 valence electrons. The Morgan fingerprint density at radius 3 is 2.72 bits per heavy atom. The van der Waals surface area contributed by atoms with E-state index in [0.717, 1.165) is 22.7 Å². The molecule has 0 bridgehead atoms. The number of hydrogen-bond donors (Lipinski definition) is 1. The van der Waals surface area contributed by atoms with Gasteiger partial charge >= 0.3 is 0 Å². The topological polar surface area (TPSA) is 45.6 Å². The Labute approximate surface area is 106 Å². The van der Waals surface area contributed by atoms with Crippen molar-refractivity contribution in [2.75, 3.05) is 19.1 Å². The van der Waals surface area contributed by atoms with Gasteiger partial charge in [-0.2, -0.15) is 0 Å². The predicted molar refractivity (Wildman–Crippen MR) is 71.2 cm³/mol. The van der Waals surface area contributed by atoms with Crippen LogP contribution in [0.25, 0.3) is 0 Å². The highest BCUT2D eigenvalue weighted by atomic mass is 16.5. The standard InChI is InChI=1S/C14H16N2O2/c1-16(12-5-3-4-6-14(12)18-2)13-9-15-8-7-11(13)10-17/h3-9,17H,10H2,1-2H3. The maximum absolute atomic E-state index is 9.36. The second-order valence-electron chi connectivity index (χ2n) is 3.89. The number of nitrogens with zero attached hydrogens (tertiary/aromatic N) is 2. The smallest absolute Gasteiger partial charge is 0.142 e. The molecular formula is C14H16N2O2. The number of benzene rings is 1. The van der Waals surface area contributed by atoms with Gasteiger partial charge in [0.2, 0.25) is 0 Å². The Morgan fingerprint density at radius 2 is 2.00 bits per heavy atom. The molecule has 0 saturated carbocycles. The molecule has 18 heavy (non-hydrogen) atoms. The summed E-state index contributed by atoms with van der Waals surface area (Å²) in [6.45, 7) is -0.0165. The Kier molecular flexibility index (Phi) is 3.79. The third-order valence-corrected chi connectivity index (χ3v) is 2.87. The fourth-order valence-corrected chi connectivity index (χ4v) is 1.89. The first-order valence-corrected chi connectivity index (χ1v) is 5.68. The molecule has 1 heterocycles. The highest BCUT2D eigenvalue weighted by Gasteiger charge is 2.12. The van der Waals surface area contributed by atoms with Crippen molar-refractivity contribution in [3.05, 3.63) is 48.3 Å². The zero-order chi connectivity index (χ0) is 13.0. The van der Waals surface area contributed by atoms with Crippen molar-refractivity contribution in [1.29, 1.82) is 0 Å². The maximum Gasteiger partial charge on any atom is 0.142 e. The number of hydrogen-bond acceptors (Lipinski definition) is 4. The summed E-state index contributed by atoms with van der Waals surface area (Å²) in [4.78, 5) is 6.06. The van der Waals surface area contributed by atoms with E-state index in [4.69, 9.17) is 4.74 Å². The fourth-order valence-electron chi connectivity index (χ4n) is 1.89. The van der Waals surface area contributed by atoms with Crippen LogP contribution in [0.4, 0.5) is 11.4 Å². The SMILES string of the molecule is COc1ccccc1N(C)c1cnccc1CO. The molecule has 0 atom stereocenters. The van der Waals surface area contributed by atoms with Gasteiger partial charge in [0.05, 0.1) is 31.3 Å². The second kappa shape index (κ2) is 5.51. The van der Waals surface area contributed by atoms with Crippen molar-refractivity contribution >= 4 is 11.4 Å². The van der Waals surface area contributed by atoms with E-state index in [1.807, 2.05) is 36.2 Å². The molecule has 1 N–H and O–H groups in total. The number of pyridine rings is 1. The largest absolute Gasteiger partial charge is 0.495 e. The molecule has 0 fully saturated rings. The lowest BCUT2D eigenvalue weighted by Crippen LogP contribution is -2.13. The van der Waals surface area contributed by atoms with Crippen molar-refractivity contribution in [2.24, 2.45) is 0 Å². The fraction of sp³-hybridized carbons (Fsp3) is 0.214. The van der Waals surface area contributed by atoms with Crippen LogP contribution in [0.2, 0.25) is 0 Å². The molecular weight excluding hydrogens is 228 g/mol. The minimum Gasteiger partial charge on any atom is -0.495 e. The minimum absolute atomic E-state index is 0.0165. The van der Waals surface area contributed by atoms with Crippen LogP contribution in [0, 0.1) is 0 Å². The zero-order valence-corrected chi connectivity index (χ0v) is 10.5. The van der Waals surface area contributed by atoms with Gasteiger partial charge < -0.3 is 14.7 Å². The molecule has 1 aromatic carbocycles. The molecule has 2 aromatic rings. The second-order valence-corrected chi connectivity index (χ2v) is 3.89. The molecule has 4 nitrogen and oxygen atoms in total. The lowest BCUT2D eigenvalue weighted by molar-refractivity contribution is 0.282. The first kappa shape index (κ1) is 12.4. The average Bonchev–Trinajstić information content (AvgIpc) is 2.46. The molecule has 2 rings (SSSR count). The van der Waals surface area contributed by atoms with Crippen LogP contribution in [0.1, 0.15) is 5.56 Å². The van der Waals surface area contributed by atoms with Crippen LogP contribution in [-0.2, 0) is 6.61 Å². The third-order valence-electron chi connectivity index (χ3n) is 2.87. The number of aromatic nitrogens is 1. The minimum atomic E-state index is -0.0165. The van der Waals surface area contributed by atoms with Gasteiger partial charge in [-0.1, -0.05) is 12.1 Å². The molecule has 0 aliphatic carbocycles. The molecule has 0 aliphatic heterocycles. The highest BCUT2D eigenvalue weighted by Crippen LogP contribution is 2.33. The number of anilines is 2. The van der Waals surface area contributed by atoms with Crippen molar-refractivity contribution < 1.29 is 9.84 Å². The number of methoxy groups -OCH3 is 1. The highest BCUT2D eigenvalue weighted by molar-refractivity contribution is 5.70. The molecule has 0 aliphatic rings. The number of ether oxygens (including phenoxy) is 1. The first-order valence-electron chi connectivity index (χ1n) is 5.68. The first-order chi connectivity index (χ1) is 8.77. The summed E-state index contributed by atoms with van der Waals surface area (Å²) in [5.41, 5.74) is 2.63. The van der Waals surface area contributed by atoms with E-state index >= 15 is 0 Å². The van der Waals surface area contributed by atoms with E-state index in [-0.39, 0.29) is 6.61 Å².